The number of nitrogens with one attached hydrogen (secondary N) is 1. The van der Waals surface area contributed by atoms with E-state index in [-0.39, 0.29) is 23.9 Å². The first-order chi connectivity index (χ1) is 22.4. The van der Waals surface area contributed by atoms with Crippen LogP contribution in [-0.2, 0) is 16.0 Å². The molecule has 10 heteroatoms. The predicted octanol–water partition coefficient (Wildman–Crippen LogP) is 7.83. The Kier molecular flexibility index (Phi) is 18.3. The molecule has 1 heterocycles. The smallest absolute Gasteiger partial charge is 0.327 e. The highest BCUT2D eigenvalue weighted by Crippen LogP contribution is 2.45. The summed E-state index contributed by atoms with van der Waals surface area (Å²) in [5.41, 5.74) is 13.8. The number of aliphatic carboxylic acids is 1. The van der Waals surface area contributed by atoms with Crippen molar-refractivity contribution in [1.29, 1.82) is 5.41 Å². The van der Waals surface area contributed by atoms with E-state index in [1.165, 1.54) is 62.3 Å². The monoisotopic (exact) mass is 671 g/mol. The van der Waals surface area contributed by atoms with Gasteiger partial charge in [0.1, 0.15) is 17.1 Å². The summed E-state index contributed by atoms with van der Waals surface area (Å²) < 4.78 is 12.4. The van der Waals surface area contributed by atoms with Crippen LogP contribution in [0.2, 0.25) is 0 Å². The van der Waals surface area contributed by atoms with Gasteiger partial charge >= 0.3 is 11.9 Å². The van der Waals surface area contributed by atoms with Gasteiger partial charge in [-0.1, -0.05) is 78.7 Å². The Morgan fingerprint density at radius 3 is 2.04 bits per heavy atom. The molecule has 0 fully saturated rings. The van der Waals surface area contributed by atoms with Crippen LogP contribution in [0.25, 0.3) is 0 Å². The number of carboxylic acids is 1. The second kappa shape index (κ2) is 20.7. The number of carboxylic acid groups (broad SMARTS) is 1. The number of benzene rings is 1. The van der Waals surface area contributed by atoms with Gasteiger partial charge < -0.3 is 30.9 Å². The van der Waals surface area contributed by atoms with E-state index >= 15 is 0 Å². The third-order valence-corrected chi connectivity index (χ3v) is 9.26. The molecule has 48 heavy (non-hydrogen) atoms. The van der Waals surface area contributed by atoms with Crippen molar-refractivity contribution >= 4 is 23.9 Å². The molecule has 1 aromatic rings. The molecule has 0 bridgehead atoms. The Hall–Kier alpha value is -3.56. The van der Waals surface area contributed by atoms with Gasteiger partial charge in [-0.25, -0.2) is 4.79 Å². The second-order valence-corrected chi connectivity index (χ2v) is 14.6. The maximum absolute atomic E-state index is 12.3. The normalized spacial score (nSPS) is 16.6. The molecule has 0 spiro atoms. The number of aliphatic imine (C=N–C) groups is 1. The molecule has 1 aromatic carbocycles. The lowest BCUT2D eigenvalue weighted by Crippen LogP contribution is -2.37. The Morgan fingerprint density at radius 2 is 1.54 bits per heavy atom. The van der Waals surface area contributed by atoms with Gasteiger partial charge in [-0.05, 0) is 87.8 Å². The zero-order valence-electron chi connectivity index (χ0n) is 31.5. The highest BCUT2D eigenvalue weighted by molar-refractivity contribution is 5.91. The van der Waals surface area contributed by atoms with Crippen LogP contribution in [-0.4, -0.2) is 53.6 Å². The summed E-state index contributed by atoms with van der Waals surface area (Å²) in [6, 6.07) is 0. The van der Waals surface area contributed by atoms with Crippen molar-refractivity contribution in [2.45, 2.75) is 138 Å². The Morgan fingerprint density at radius 1 is 0.979 bits per heavy atom. The van der Waals surface area contributed by atoms with Crippen LogP contribution < -0.4 is 20.9 Å². The number of carbonyl (C=O) groups excluding carboxylic acids is 1. The van der Waals surface area contributed by atoms with E-state index in [2.05, 4.69) is 39.6 Å². The first-order valence-corrected chi connectivity index (χ1v) is 17.6. The van der Waals surface area contributed by atoms with E-state index in [0.717, 1.165) is 71.1 Å². The quantitative estimate of drug-likeness (QED) is 0.0454. The summed E-state index contributed by atoms with van der Waals surface area (Å²) in [4.78, 5) is 27.9. The molecule has 0 saturated carbocycles. The largest absolute Gasteiger partial charge is 0.487 e. The summed E-state index contributed by atoms with van der Waals surface area (Å²) in [5, 5.41) is 15.8. The average Bonchev–Trinajstić information content (AvgIpc) is 2.97. The number of esters is 1. The molecule has 1 aliphatic rings. The molecule has 0 aromatic heterocycles. The maximum Gasteiger partial charge on any atom is 0.327 e. The zero-order chi connectivity index (χ0) is 36.6. The van der Waals surface area contributed by atoms with Crippen LogP contribution in [0.3, 0.4) is 0 Å². The van der Waals surface area contributed by atoms with Crippen LogP contribution in [0.4, 0.5) is 0 Å². The number of hydrogen-bond donors (Lipinski definition) is 4. The highest BCUT2D eigenvalue weighted by atomic mass is 16.5. The second-order valence-electron chi connectivity index (χ2n) is 14.6. The molecule has 6 N–H and O–H groups in total. The van der Waals surface area contributed by atoms with E-state index in [4.69, 9.17) is 31.5 Å². The minimum atomic E-state index is -1.08. The first-order valence-electron chi connectivity index (χ1n) is 17.6. The molecule has 2 rings (SSSR count). The number of hydrogen-bond acceptors (Lipinski definition) is 5. The van der Waals surface area contributed by atoms with Crippen molar-refractivity contribution in [2.75, 3.05) is 14.1 Å². The standard InChI is InChI=1S/C34H54O5.C4H11N5/c1-23(2)13-9-14-24(3)15-10-16-25(4)17-12-21-34(8)22-20-29-28(7)32(26(5)27(6)33(29)39-34)38-31(37)19-11-18-30(35)36;1-9(2)4(7)8-3(5)6/h11,18,23-25H,9-10,12-17,19-22H2,1-8H3,(H,35,36);1-2H3,(H5,5,6,7,8)/b18-11-;. The molecule has 0 saturated heterocycles. The van der Waals surface area contributed by atoms with Gasteiger partial charge in [-0.3, -0.25) is 10.2 Å². The molecular formula is C38H65N5O5. The van der Waals surface area contributed by atoms with E-state index in [1.807, 2.05) is 20.8 Å². The maximum atomic E-state index is 12.3. The van der Waals surface area contributed by atoms with Gasteiger partial charge in [0.25, 0.3) is 0 Å². The Labute approximate surface area is 290 Å². The number of nitrogens with two attached hydrogens (primary N) is 2. The third kappa shape index (κ3) is 15.6. The van der Waals surface area contributed by atoms with Gasteiger partial charge in [0, 0.05) is 25.7 Å². The average molecular weight is 672 g/mol. The molecule has 272 valence electrons. The van der Waals surface area contributed by atoms with Crippen LogP contribution >= 0.6 is 0 Å². The summed E-state index contributed by atoms with van der Waals surface area (Å²) in [6.45, 7) is 17.7. The minimum Gasteiger partial charge on any atom is -0.487 e. The molecule has 0 radical (unpaired) electrons. The van der Waals surface area contributed by atoms with E-state index in [1.54, 1.807) is 14.1 Å². The number of carbonyl (C=O) groups is 2. The van der Waals surface area contributed by atoms with Crippen molar-refractivity contribution in [3.05, 3.63) is 34.4 Å². The first kappa shape index (κ1) is 42.5. The molecule has 3 atom stereocenters. The fraction of sp³-hybridized carbons (Fsp3) is 0.684. The third-order valence-electron chi connectivity index (χ3n) is 9.26. The Balaban J connectivity index is 0.00000112. The van der Waals surface area contributed by atoms with Crippen molar-refractivity contribution in [1.82, 2.24) is 4.90 Å². The van der Waals surface area contributed by atoms with Gasteiger partial charge in [0.05, 0.1) is 6.42 Å². The molecule has 0 aliphatic carbocycles. The lowest BCUT2D eigenvalue weighted by atomic mass is 9.83. The van der Waals surface area contributed by atoms with Gasteiger partial charge in [0.15, 0.2) is 5.96 Å². The molecule has 3 unspecified atom stereocenters. The lowest BCUT2D eigenvalue weighted by Gasteiger charge is -2.38. The predicted molar refractivity (Wildman–Crippen MR) is 197 cm³/mol. The van der Waals surface area contributed by atoms with Crippen molar-refractivity contribution in [2.24, 2.45) is 34.2 Å². The molecule has 0 amide bonds. The van der Waals surface area contributed by atoms with Crippen LogP contribution in [0.1, 0.15) is 128 Å². The highest BCUT2D eigenvalue weighted by Gasteiger charge is 2.34. The van der Waals surface area contributed by atoms with Crippen LogP contribution in [0.15, 0.2) is 17.1 Å². The van der Waals surface area contributed by atoms with Crippen molar-refractivity contribution < 1.29 is 24.2 Å². The van der Waals surface area contributed by atoms with E-state index in [0.29, 0.717) is 5.75 Å². The van der Waals surface area contributed by atoms with Crippen LogP contribution in [0, 0.1) is 43.9 Å². The Bertz CT molecular complexity index is 1270. The SMILES string of the molecule is CN(C)C(=N)N=C(N)N.Cc1c(C)c2c(c(C)c1OC(=O)C/C=C\C(=O)O)CCC(C)(CCCC(C)CCCC(C)CCCC(C)C)O2. The number of nitrogens with zero attached hydrogens (tertiary/aromatic N) is 2. The molecule has 10 nitrogen and oxygen atoms in total. The van der Waals surface area contributed by atoms with Crippen LogP contribution in [0.5, 0.6) is 11.5 Å². The van der Waals surface area contributed by atoms with E-state index in [9.17, 15) is 9.59 Å². The topological polar surface area (TPSA) is 164 Å². The number of guanidine groups is 2. The van der Waals surface area contributed by atoms with Crippen molar-refractivity contribution in [3.63, 3.8) is 0 Å². The van der Waals surface area contributed by atoms with Gasteiger partial charge in [-0.2, -0.15) is 4.99 Å². The summed E-state index contributed by atoms with van der Waals surface area (Å²) in [7, 11) is 3.38. The zero-order valence-corrected chi connectivity index (χ0v) is 31.5. The summed E-state index contributed by atoms with van der Waals surface area (Å²) in [6.07, 6.45) is 15.6. The summed E-state index contributed by atoms with van der Waals surface area (Å²) >= 11 is 0. The fourth-order valence-electron chi connectivity index (χ4n) is 6.05. The molecular weight excluding hydrogens is 606 g/mol. The lowest BCUT2D eigenvalue weighted by molar-refractivity contribution is -0.133. The summed E-state index contributed by atoms with van der Waals surface area (Å²) in [5.74, 6) is 2.37. The molecule has 1 aliphatic heterocycles. The van der Waals surface area contributed by atoms with Gasteiger partial charge in [-0.15, -0.1) is 0 Å². The number of fused-ring (bicyclic) bond motifs is 1. The van der Waals surface area contributed by atoms with Crippen molar-refractivity contribution in [3.8, 4) is 11.5 Å². The van der Waals surface area contributed by atoms with E-state index < -0.39 is 11.9 Å². The minimum absolute atomic E-state index is 0.0509. The fourth-order valence-corrected chi connectivity index (χ4v) is 6.05. The number of ether oxygens (including phenoxy) is 2. The van der Waals surface area contributed by atoms with Gasteiger partial charge in [0.2, 0.25) is 5.96 Å². The number of rotatable bonds is 16.